The topological polar surface area (TPSA) is 143 Å². The van der Waals surface area contributed by atoms with Crippen molar-refractivity contribution >= 4 is 30.2 Å². The summed E-state index contributed by atoms with van der Waals surface area (Å²) in [5, 5.41) is 2.69. The molecule has 0 spiro atoms. The van der Waals surface area contributed by atoms with E-state index in [0.29, 0.717) is 49.9 Å². The van der Waals surface area contributed by atoms with Gasteiger partial charge in [0.1, 0.15) is 5.82 Å². The second kappa shape index (κ2) is 13.1. The Kier molecular flexibility index (Phi) is 10.3. The van der Waals surface area contributed by atoms with Gasteiger partial charge in [-0.15, -0.1) is 12.4 Å². The molecule has 1 aliphatic carbocycles. The van der Waals surface area contributed by atoms with Gasteiger partial charge in [-0.25, -0.2) is 9.59 Å². The van der Waals surface area contributed by atoms with E-state index in [1.807, 2.05) is 24.3 Å². The van der Waals surface area contributed by atoms with Crippen LogP contribution in [-0.4, -0.2) is 87.0 Å². The van der Waals surface area contributed by atoms with Gasteiger partial charge in [0.05, 0.1) is 11.2 Å². The molecule has 5 N–H and O–H groups in total. The summed E-state index contributed by atoms with van der Waals surface area (Å²) >= 11 is 0. The molecule has 3 atom stereocenters. The number of nitrogens with zero attached hydrogens (tertiary/aromatic N) is 5. The lowest BCUT2D eigenvalue weighted by atomic mass is 9.82. The van der Waals surface area contributed by atoms with Crippen LogP contribution in [0.1, 0.15) is 45.6 Å². The van der Waals surface area contributed by atoms with Crippen LogP contribution in [0.15, 0.2) is 41.3 Å². The molecule has 1 aromatic heterocycles. The Bertz CT molecular complexity index is 1220. The van der Waals surface area contributed by atoms with E-state index in [9.17, 15) is 14.4 Å². The van der Waals surface area contributed by atoms with Gasteiger partial charge in [0, 0.05) is 51.0 Å². The van der Waals surface area contributed by atoms with Crippen LogP contribution in [0.2, 0.25) is 0 Å². The molecule has 1 saturated heterocycles. The minimum absolute atomic E-state index is 0. The average Bonchev–Trinajstić information content (AvgIpc) is 2.90. The zero-order valence-electron chi connectivity index (χ0n) is 23.9. The van der Waals surface area contributed by atoms with Crippen molar-refractivity contribution in [3.05, 3.63) is 52.6 Å². The second-order valence-corrected chi connectivity index (χ2v) is 11.6. The summed E-state index contributed by atoms with van der Waals surface area (Å²) in [7, 11) is 2.16. The first-order chi connectivity index (χ1) is 18.4. The van der Waals surface area contributed by atoms with E-state index in [0.717, 1.165) is 25.8 Å². The van der Waals surface area contributed by atoms with E-state index in [2.05, 4.69) is 29.2 Å². The molecule has 40 heavy (non-hydrogen) atoms. The number of carbonyl (C=O) groups excluding carboxylic acids is 2. The summed E-state index contributed by atoms with van der Waals surface area (Å²) in [5.41, 5.74) is 12.5. The second-order valence-electron chi connectivity index (χ2n) is 11.6. The smallest absolute Gasteiger partial charge is 0.338 e. The van der Waals surface area contributed by atoms with Crippen molar-refractivity contribution in [2.24, 2.45) is 17.4 Å². The first kappa shape index (κ1) is 31.5. The lowest BCUT2D eigenvalue weighted by molar-refractivity contribution is -0.137. The predicted molar refractivity (Wildman–Crippen MR) is 159 cm³/mol. The number of amides is 3. The van der Waals surface area contributed by atoms with E-state index < -0.39 is 11.2 Å². The number of carbonyl (C=O) groups is 2. The molecule has 220 valence electrons. The number of halogens is 1. The molecule has 2 aliphatic rings. The molecule has 1 aliphatic heterocycles. The molecule has 3 unspecified atom stereocenters. The van der Waals surface area contributed by atoms with Gasteiger partial charge in [-0.1, -0.05) is 19.1 Å². The van der Waals surface area contributed by atoms with Crippen LogP contribution in [0.25, 0.3) is 5.69 Å². The first-order valence-corrected chi connectivity index (χ1v) is 13.7. The molecule has 3 amide bonds. The third kappa shape index (κ3) is 7.60. The molecular formula is C28H43ClN8O3. The normalized spacial score (nSPS) is 21.6. The summed E-state index contributed by atoms with van der Waals surface area (Å²) in [6.07, 6.45) is 4.90. The molecular weight excluding hydrogens is 532 g/mol. The third-order valence-corrected chi connectivity index (χ3v) is 7.92. The van der Waals surface area contributed by atoms with Crippen molar-refractivity contribution in [1.82, 2.24) is 24.3 Å². The van der Waals surface area contributed by atoms with Crippen molar-refractivity contribution in [2.45, 2.75) is 64.2 Å². The van der Waals surface area contributed by atoms with E-state index >= 15 is 0 Å². The number of benzene rings is 1. The molecule has 2 heterocycles. The maximum atomic E-state index is 12.7. The van der Waals surface area contributed by atoms with E-state index in [4.69, 9.17) is 11.5 Å². The molecule has 12 heteroatoms. The quantitative estimate of drug-likeness (QED) is 0.479. The van der Waals surface area contributed by atoms with Gasteiger partial charge in [0.25, 0.3) is 0 Å². The van der Waals surface area contributed by atoms with Crippen LogP contribution in [0, 0.1) is 5.92 Å². The summed E-state index contributed by atoms with van der Waals surface area (Å²) < 4.78 is 1.45. The fourth-order valence-corrected chi connectivity index (χ4v) is 5.35. The number of hydrogen-bond donors (Lipinski definition) is 3. The standard InChI is InChI=1S/C28H42N8O3.ClH/c1-19-17-22(9-10-23(19)29)33(4)18-20-5-7-21(8-6-20)36-12-11-24(32-27(36)39)31-26(38)35-15-13-34(14-16-35)25(37)28(2,3)30;/h5-8,11-12,19,22-23H,9-10,13-18,29-30H2,1-4H3,(H,31,32,38,39);1H. The van der Waals surface area contributed by atoms with Crippen molar-refractivity contribution < 1.29 is 9.59 Å². The Balaban J connectivity index is 0.00000441. The number of rotatable bonds is 6. The zero-order valence-corrected chi connectivity index (χ0v) is 24.7. The fourth-order valence-electron chi connectivity index (χ4n) is 5.35. The molecule has 1 saturated carbocycles. The number of hydrogen-bond acceptors (Lipinski definition) is 7. The maximum Gasteiger partial charge on any atom is 0.354 e. The largest absolute Gasteiger partial charge is 0.354 e. The molecule has 0 radical (unpaired) electrons. The Labute approximate surface area is 242 Å². The summed E-state index contributed by atoms with van der Waals surface area (Å²) in [4.78, 5) is 47.5. The molecule has 0 bridgehead atoms. The maximum absolute atomic E-state index is 12.7. The summed E-state index contributed by atoms with van der Waals surface area (Å²) in [6, 6.07) is 9.95. The number of aromatic nitrogens is 2. The Morgan fingerprint density at radius 3 is 2.27 bits per heavy atom. The van der Waals surface area contributed by atoms with Crippen molar-refractivity contribution in [3.63, 3.8) is 0 Å². The van der Waals surface area contributed by atoms with Crippen LogP contribution in [-0.2, 0) is 11.3 Å². The predicted octanol–water partition coefficient (Wildman–Crippen LogP) is 2.02. The van der Waals surface area contributed by atoms with Gasteiger partial charge in [0.15, 0.2) is 0 Å². The first-order valence-electron chi connectivity index (χ1n) is 13.7. The van der Waals surface area contributed by atoms with E-state index in [-0.39, 0.29) is 30.2 Å². The van der Waals surface area contributed by atoms with Gasteiger partial charge in [-0.05, 0) is 69.8 Å². The number of nitrogens with two attached hydrogens (primary N) is 2. The highest BCUT2D eigenvalue weighted by atomic mass is 35.5. The highest BCUT2D eigenvalue weighted by Crippen LogP contribution is 2.27. The molecule has 4 rings (SSSR count). The fraction of sp³-hybridized carbons (Fsp3) is 0.571. The van der Waals surface area contributed by atoms with Crippen molar-refractivity contribution in [1.29, 1.82) is 0 Å². The minimum Gasteiger partial charge on any atom is -0.338 e. The van der Waals surface area contributed by atoms with Crippen LogP contribution >= 0.6 is 12.4 Å². The minimum atomic E-state index is -0.947. The van der Waals surface area contributed by atoms with E-state index in [1.165, 1.54) is 10.1 Å². The molecule has 2 aromatic rings. The van der Waals surface area contributed by atoms with E-state index in [1.54, 1.807) is 35.9 Å². The van der Waals surface area contributed by atoms with Gasteiger partial charge >= 0.3 is 11.7 Å². The Hall–Kier alpha value is -2.99. The monoisotopic (exact) mass is 574 g/mol. The summed E-state index contributed by atoms with van der Waals surface area (Å²) in [6.45, 7) is 7.96. The van der Waals surface area contributed by atoms with Gasteiger partial charge < -0.3 is 21.3 Å². The summed E-state index contributed by atoms with van der Waals surface area (Å²) in [5.74, 6) is 0.574. The average molecular weight is 575 g/mol. The van der Waals surface area contributed by atoms with Gasteiger partial charge in [0.2, 0.25) is 5.91 Å². The van der Waals surface area contributed by atoms with Crippen LogP contribution in [0.4, 0.5) is 10.6 Å². The number of urea groups is 1. The third-order valence-electron chi connectivity index (χ3n) is 7.92. The number of nitrogens with one attached hydrogen (secondary N) is 1. The van der Waals surface area contributed by atoms with Gasteiger partial charge in [-0.2, -0.15) is 4.98 Å². The van der Waals surface area contributed by atoms with Crippen LogP contribution in [0.3, 0.4) is 0 Å². The Morgan fingerprint density at radius 1 is 1.07 bits per heavy atom. The Morgan fingerprint density at radius 2 is 1.70 bits per heavy atom. The molecule has 11 nitrogen and oxygen atoms in total. The number of piperazine rings is 1. The van der Waals surface area contributed by atoms with Crippen molar-refractivity contribution in [2.75, 3.05) is 38.5 Å². The van der Waals surface area contributed by atoms with Crippen LogP contribution in [0.5, 0.6) is 0 Å². The highest BCUT2D eigenvalue weighted by molar-refractivity contribution is 5.89. The van der Waals surface area contributed by atoms with Gasteiger partial charge in [-0.3, -0.25) is 19.6 Å². The highest BCUT2D eigenvalue weighted by Gasteiger charge is 2.31. The lowest BCUT2D eigenvalue weighted by Gasteiger charge is -2.37. The molecule has 2 fully saturated rings. The number of anilines is 1. The van der Waals surface area contributed by atoms with Crippen LogP contribution < -0.4 is 22.5 Å². The lowest BCUT2D eigenvalue weighted by Crippen LogP contribution is -2.58. The zero-order chi connectivity index (χ0) is 28.3. The molecule has 1 aromatic carbocycles. The SMILES string of the molecule is CC1CC(N(C)Cc2ccc(-n3ccc(NC(=O)N4CCN(C(=O)C(C)(C)N)CC4)nc3=O)cc2)CCC1N.Cl. The van der Waals surface area contributed by atoms with Crippen molar-refractivity contribution in [3.8, 4) is 5.69 Å².